The van der Waals surface area contributed by atoms with Crippen LogP contribution in [0.1, 0.15) is 24.1 Å². The van der Waals surface area contributed by atoms with Gasteiger partial charge in [-0.3, -0.25) is 4.79 Å². The quantitative estimate of drug-likeness (QED) is 0.851. The predicted octanol–water partition coefficient (Wildman–Crippen LogP) is 3.37. The largest absolute Gasteiger partial charge is 0.378 e. The molecule has 0 fully saturated rings. The van der Waals surface area contributed by atoms with E-state index in [-0.39, 0.29) is 5.91 Å². The third kappa shape index (κ3) is 4.10. The summed E-state index contributed by atoms with van der Waals surface area (Å²) in [7, 11) is 3.93. The van der Waals surface area contributed by atoms with E-state index in [4.69, 9.17) is 0 Å². The molecule has 4 nitrogen and oxygen atoms in total. The molecule has 0 spiro atoms. The summed E-state index contributed by atoms with van der Waals surface area (Å²) in [5, 5.41) is 9.60. The Bertz CT molecular complexity index is 687. The zero-order chi connectivity index (χ0) is 16.8. The highest BCUT2D eigenvalue weighted by molar-refractivity contribution is 5.74. The number of hydrogen-bond donors (Lipinski definition) is 0. The SMILES string of the molecule is CC(=O)N(Cc1ccccc1)C(C#N)c1ccc(N(C)C)cc1. The molecular weight excluding hydrogens is 286 g/mol. The van der Waals surface area contributed by atoms with E-state index in [1.54, 1.807) is 4.90 Å². The van der Waals surface area contributed by atoms with Crippen LogP contribution in [0.15, 0.2) is 54.6 Å². The number of amides is 1. The second-order valence-corrected chi connectivity index (χ2v) is 5.65. The molecule has 0 aliphatic heterocycles. The Kier molecular flexibility index (Phi) is 5.37. The van der Waals surface area contributed by atoms with Crippen LogP contribution in [-0.2, 0) is 11.3 Å². The monoisotopic (exact) mass is 307 g/mol. The van der Waals surface area contributed by atoms with E-state index in [2.05, 4.69) is 6.07 Å². The molecule has 2 aromatic carbocycles. The maximum Gasteiger partial charge on any atom is 0.221 e. The summed E-state index contributed by atoms with van der Waals surface area (Å²) in [5.74, 6) is -0.114. The van der Waals surface area contributed by atoms with Gasteiger partial charge in [0.15, 0.2) is 0 Å². The number of carbonyl (C=O) groups is 1. The molecule has 0 heterocycles. The average Bonchev–Trinajstić information content (AvgIpc) is 2.56. The Morgan fingerprint density at radius 2 is 1.70 bits per heavy atom. The summed E-state index contributed by atoms with van der Waals surface area (Å²) < 4.78 is 0. The zero-order valence-corrected chi connectivity index (χ0v) is 13.7. The lowest BCUT2D eigenvalue weighted by Crippen LogP contribution is -2.32. The van der Waals surface area contributed by atoms with Gasteiger partial charge >= 0.3 is 0 Å². The topological polar surface area (TPSA) is 47.3 Å². The van der Waals surface area contributed by atoms with Crippen LogP contribution in [0.25, 0.3) is 0 Å². The molecule has 0 N–H and O–H groups in total. The second kappa shape index (κ2) is 7.46. The molecule has 2 rings (SSSR count). The van der Waals surface area contributed by atoms with Crippen molar-refractivity contribution in [1.29, 1.82) is 5.26 Å². The molecular formula is C19H21N3O. The van der Waals surface area contributed by atoms with Crippen LogP contribution in [0.5, 0.6) is 0 Å². The van der Waals surface area contributed by atoms with E-state index >= 15 is 0 Å². The molecule has 1 unspecified atom stereocenters. The van der Waals surface area contributed by atoms with E-state index in [0.717, 1.165) is 16.8 Å². The van der Waals surface area contributed by atoms with Gasteiger partial charge in [-0.05, 0) is 23.3 Å². The van der Waals surface area contributed by atoms with Gasteiger partial charge in [-0.15, -0.1) is 0 Å². The minimum Gasteiger partial charge on any atom is -0.378 e. The fourth-order valence-corrected chi connectivity index (χ4v) is 2.44. The van der Waals surface area contributed by atoms with Gasteiger partial charge in [-0.25, -0.2) is 0 Å². The minimum absolute atomic E-state index is 0.114. The fourth-order valence-electron chi connectivity index (χ4n) is 2.44. The molecule has 23 heavy (non-hydrogen) atoms. The van der Waals surface area contributed by atoms with Crippen LogP contribution >= 0.6 is 0 Å². The molecule has 0 saturated heterocycles. The van der Waals surface area contributed by atoms with Crippen LogP contribution in [0, 0.1) is 11.3 Å². The average molecular weight is 307 g/mol. The molecule has 0 aliphatic rings. The number of nitrogens with zero attached hydrogens (tertiary/aromatic N) is 3. The lowest BCUT2D eigenvalue weighted by atomic mass is 10.0. The second-order valence-electron chi connectivity index (χ2n) is 5.65. The van der Waals surface area contributed by atoms with Gasteiger partial charge in [0, 0.05) is 33.3 Å². The highest BCUT2D eigenvalue weighted by atomic mass is 16.2. The summed E-state index contributed by atoms with van der Waals surface area (Å²) in [5.41, 5.74) is 2.89. The van der Waals surface area contributed by atoms with Crippen LogP contribution in [-0.4, -0.2) is 24.9 Å². The number of hydrogen-bond acceptors (Lipinski definition) is 3. The summed E-state index contributed by atoms with van der Waals surface area (Å²) in [6, 6.07) is 19.1. The smallest absolute Gasteiger partial charge is 0.221 e. The summed E-state index contributed by atoms with van der Waals surface area (Å²) >= 11 is 0. The summed E-state index contributed by atoms with van der Waals surface area (Å²) in [6.45, 7) is 1.92. The normalized spacial score (nSPS) is 11.4. The number of anilines is 1. The Morgan fingerprint density at radius 3 is 2.17 bits per heavy atom. The van der Waals surface area contributed by atoms with Gasteiger partial charge in [0.25, 0.3) is 0 Å². The molecule has 1 atom stereocenters. The molecule has 118 valence electrons. The third-order valence-corrected chi connectivity index (χ3v) is 3.76. The van der Waals surface area contributed by atoms with Crippen LogP contribution in [0.3, 0.4) is 0 Å². The molecule has 0 radical (unpaired) electrons. The number of carbonyl (C=O) groups excluding carboxylic acids is 1. The Labute approximate surface area is 137 Å². The Balaban J connectivity index is 2.28. The lowest BCUT2D eigenvalue weighted by Gasteiger charge is -2.27. The van der Waals surface area contributed by atoms with Crippen LogP contribution < -0.4 is 4.90 Å². The van der Waals surface area contributed by atoms with E-state index in [1.807, 2.05) is 73.6 Å². The number of rotatable bonds is 5. The zero-order valence-electron chi connectivity index (χ0n) is 13.7. The van der Waals surface area contributed by atoms with E-state index in [0.29, 0.717) is 6.54 Å². The van der Waals surface area contributed by atoms with Gasteiger partial charge in [0.05, 0.1) is 6.07 Å². The first-order valence-corrected chi connectivity index (χ1v) is 7.51. The van der Waals surface area contributed by atoms with Crippen molar-refractivity contribution in [2.45, 2.75) is 19.5 Å². The molecule has 0 saturated carbocycles. The maximum atomic E-state index is 12.1. The molecule has 0 bridgehead atoms. The van der Waals surface area contributed by atoms with Gasteiger partial charge in [0.1, 0.15) is 6.04 Å². The van der Waals surface area contributed by atoms with Gasteiger partial charge < -0.3 is 9.80 Å². The number of nitriles is 1. The van der Waals surface area contributed by atoms with E-state index < -0.39 is 6.04 Å². The van der Waals surface area contributed by atoms with E-state index in [9.17, 15) is 10.1 Å². The molecule has 0 aliphatic carbocycles. The van der Waals surface area contributed by atoms with Crippen molar-refractivity contribution >= 4 is 11.6 Å². The van der Waals surface area contributed by atoms with Crippen molar-refractivity contribution in [1.82, 2.24) is 4.90 Å². The van der Waals surface area contributed by atoms with Crippen molar-refractivity contribution in [2.75, 3.05) is 19.0 Å². The Hall–Kier alpha value is -2.80. The fraction of sp³-hybridized carbons (Fsp3) is 0.263. The summed E-state index contributed by atoms with van der Waals surface area (Å²) in [6.07, 6.45) is 0. The predicted molar refractivity (Wildman–Crippen MR) is 91.8 cm³/mol. The van der Waals surface area contributed by atoms with Gasteiger partial charge in [-0.1, -0.05) is 42.5 Å². The van der Waals surface area contributed by atoms with Crippen molar-refractivity contribution < 1.29 is 4.79 Å². The lowest BCUT2D eigenvalue weighted by molar-refractivity contribution is -0.130. The van der Waals surface area contributed by atoms with Gasteiger partial charge in [-0.2, -0.15) is 5.26 Å². The molecule has 4 heteroatoms. The number of benzene rings is 2. The highest BCUT2D eigenvalue weighted by Crippen LogP contribution is 2.24. The van der Waals surface area contributed by atoms with E-state index in [1.165, 1.54) is 6.92 Å². The summed E-state index contributed by atoms with van der Waals surface area (Å²) in [4.78, 5) is 15.7. The molecule has 2 aromatic rings. The first kappa shape index (κ1) is 16.6. The first-order chi connectivity index (χ1) is 11.0. The van der Waals surface area contributed by atoms with Crippen LogP contribution in [0.2, 0.25) is 0 Å². The van der Waals surface area contributed by atoms with Crippen LogP contribution in [0.4, 0.5) is 5.69 Å². The molecule has 1 amide bonds. The minimum atomic E-state index is -0.594. The van der Waals surface area contributed by atoms with Crippen molar-refractivity contribution in [3.05, 3.63) is 65.7 Å². The van der Waals surface area contributed by atoms with Crippen molar-refractivity contribution in [2.24, 2.45) is 0 Å². The molecule has 0 aromatic heterocycles. The Morgan fingerprint density at radius 1 is 1.09 bits per heavy atom. The highest BCUT2D eigenvalue weighted by Gasteiger charge is 2.22. The van der Waals surface area contributed by atoms with Gasteiger partial charge in [0.2, 0.25) is 5.91 Å². The third-order valence-electron chi connectivity index (χ3n) is 3.76. The maximum absolute atomic E-state index is 12.1. The first-order valence-electron chi connectivity index (χ1n) is 7.51. The standard InChI is InChI=1S/C19H21N3O/c1-15(23)22(14-16-7-5-4-6-8-16)19(13-20)17-9-11-18(12-10-17)21(2)3/h4-12,19H,14H2,1-3H3. The van der Waals surface area contributed by atoms with Crippen molar-refractivity contribution in [3.8, 4) is 6.07 Å². The van der Waals surface area contributed by atoms with Crippen molar-refractivity contribution in [3.63, 3.8) is 0 Å².